The molecule has 0 radical (unpaired) electrons. The number of aromatic hydroxyl groups is 1. The second kappa shape index (κ2) is 6.98. The van der Waals surface area contributed by atoms with Crippen LogP contribution < -0.4 is 15.1 Å². The Morgan fingerprint density at radius 3 is 2.50 bits per heavy atom. The van der Waals surface area contributed by atoms with Crippen LogP contribution in [0.1, 0.15) is 6.42 Å². The highest BCUT2D eigenvalue weighted by molar-refractivity contribution is 7.91. The normalized spacial score (nSPS) is 24.0. The molecule has 2 saturated heterocycles. The van der Waals surface area contributed by atoms with Gasteiger partial charge in [-0.25, -0.2) is 8.42 Å². The van der Waals surface area contributed by atoms with Crippen LogP contribution in [0.4, 0.5) is 5.69 Å². The molecule has 2 aliphatic heterocycles. The van der Waals surface area contributed by atoms with Crippen molar-refractivity contribution in [2.24, 2.45) is 0 Å². The molecule has 1 amide bonds. The van der Waals surface area contributed by atoms with E-state index in [0.29, 0.717) is 13.0 Å². The second-order valence-electron chi connectivity index (χ2n) is 6.60. The summed E-state index contributed by atoms with van der Waals surface area (Å²) < 4.78 is 22.9. The number of hydrogen-bond donors (Lipinski definition) is 3. The highest BCUT2D eigenvalue weighted by Crippen LogP contribution is 2.18. The molecule has 0 unspecified atom stereocenters. The largest absolute Gasteiger partial charge is 0.508 e. The minimum atomic E-state index is -2.96. The number of benzene rings is 1. The number of anilines is 1. The number of sulfone groups is 1. The maximum Gasteiger partial charge on any atom is 0.275 e. The van der Waals surface area contributed by atoms with Gasteiger partial charge in [0.15, 0.2) is 16.4 Å². The number of phenols is 1. The maximum atomic E-state index is 12.1. The number of quaternary nitrogens is 1. The topological polar surface area (TPSA) is 91.2 Å². The van der Waals surface area contributed by atoms with Crippen molar-refractivity contribution in [2.45, 2.75) is 12.5 Å². The predicted molar refractivity (Wildman–Crippen MR) is 91.1 cm³/mol. The molecular weight excluding hydrogens is 330 g/mol. The third kappa shape index (κ3) is 4.39. The van der Waals surface area contributed by atoms with Crippen LogP contribution in [0.3, 0.4) is 0 Å². The van der Waals surface area contributed by atoms with Gasteiger partial charge in [-0.1, -0.05) is 0 Å². The van der Waals surface area contributed by atoms with Crippen LogP contribution in [0.15, 0.2) is 24.3 Å². The Bertz CT molecular complexity index is 682. The van der Waals surface area contributed by atoms with Crippen LogP contribution in [0, 0.1) is 0 Å². The van der Waals surface area contributed by atoms with Crippen LogP contribution in [0.25, 0.3) is 0 Å². The van der Waals surface area contributed by atoms with Crippen molar-refractivity contribution in [1.29, 1.82) is 0 Å². The Hall–Kier alpha value is -1.80. The Morgan fingerprint density at radius 1 is 1.25 bits per heavy atom. The van der Waals surface area contributed by atoms with Crippen LogP contribution in [0.2, 0.25) is 0 Å². The zero-order valence-corrected chi connectivity index (χ0v) is 14.4. The molecule has 7 nitrogen and oxygen atoms in total. The van der Waals surface area contributed by atoms with Crippen LogP contribution in [-0.2, 0) is 14.6 Å². The first-order chi connectivity index (χ1) is 11.4. The molecule has 1 aromatic rings. The van der Waals surface area contributed by atoms with Gasteiger partial charge in [-0.2, -0.15) is 0 Å². The Labute approximate surface area is 142 Å². The molecule has 2 aliphatic rings. The summed E-state index contributed by atoms with van der Waals surface area (Å²) in [6, 6.07) is 6.93. The summed E-state index contributed by atoms with van der Waals surface area (Å²) in [5, 5.41) is 12.2. The molecule has 2 fully saturated rings. The third-order valence-electron chi connectivity index (χ3n) is 4.69. The number of carbonyl (C=O) groups excluding carboxylic acids is 1. The number of nitrogens with one attached hydrogen (secondary N) is 2. The fourth-order valence-corrected chi connectivity index (χ4v) is 5.01. The van der Waals surface area contributed by atoms with Gasteiger partial charge in [0.05, 0.1) is 37.7 Å². The van der Waals surface area contributed by atoms with Crippen LogP contribution in [0.5, 0.6) is 5.75 Å². The highest BCUT2D eigenvalue weighted by atomic mass is 32.2. The summed E-state index contributed by atoms with van der Waals surface area (Å²) >= 11 is 0. The molecule has 3 rings (SSSR count). The van der Waals surface area contributed by atoms with Crippen LogP contribution >= 0.6 is 0 Å². The summed E-state index contributed by atoms with van der Waals surface area (Å²) in [5.41, 5.74) is 1.08. The van der Waals surface area contributed by atoms with Crippen LogP contribution in [-0.4, -0.2) is 69.7 Å². The molecule has 8 heteroatoms. The Balaban J connectivity index is 1.43. The lowest BCUT2D eigenvalue weighted by Gasteiger charge is -2.33. The number of rotatable bonds is 4. The zero-order valence-electron chi connectivity index (χ0n) is 13.6. The van der Waals surface area contributed by atoms with Gasteiger partial charge in [0.2, 0.25) is 0 Å². The van der Waals surface area contributed by atoms with Gasteiger partial charge in [-0.05, 0) is 30.7 Å². The quantitative estimate of drug-likeness (QED) is 0.606. The van der Waals surface area contributed by atoms with Gasteiger partial charge >= 0.3 is 0 Å². The van der Waals surface area contributed by atoms with Gasteiger partial charge in [0.25, 0.3) is 5.91 Å². The average Bonchev–Trinajstić information content (AvgIpc) is 2.87. The van der Waals surface area contributed by atoms with E-state index in [0.717, 1.165) is 31.9 Å². The van der Waals surface area contributed by atoms with Gasteiger partial charge in [0, 0.05) is 11.7 Å². The second-order valence-corrected chi connectivity index (χ2v) is 8.83. The van der Waals surface area contributed by atoms with Crippen molar-refractivity contribution in [3.8, 4) is 5.75 Å². The molecule has 0 saturated carbocycles. The van der Waals surface area contributed by atoms with Crippen molar-refractivity contribution in [3.05, 3.63) is 24.3 Å². The molecule has 0 aromatic heterocycles. The third-order valence-corrected chi connectivity index (χ3v) is 6.46. The monoisotopic (exact) mass is 354 g/mol. The smallest absolute Gasteiger partial charge is 0.275 e. The van der Waals surface area contributed by atoms with E-state index in [4.69, 9.17) is 0 Å². The van der Waals surface area contributed by atoms with E-state index >= 15 is 0 Å². The van der Waals surface area contributed by atoms with E-state index < -0.39 is 9.84 Å². The zero-order chi connectivity index (χ0) is 17.2. The standard InChI is InChI=1S/C16H23N3O4S/c20-15-3-1-14(2-4-15)19-8-6-18(7-9-19)11-16(21)17-13-5-10-24(22,23)12-13/h1-4,13,20H,5-12H2,(H,17,21)/p+1/t13-/m0/s1. The molecule has 1 aromatic carbocycles. The minimum Gasteiger partial charge on any atom is -0.508 e. The van der Waals surface area contributed by atoms with Crippen molar-refractivity contribution in [1.82, 2.24) is 5.32 Å². The molecule has 0 aliphatic carbocycles. The average molecular weight is 354 g/mol. The molecule has 3 N–H and O–H groups in total. The number of hydrogen-bond acceptors (Lipinski definition) is 5. The van der Waals surface area contributed by atoms with Crippen molar-refractivity contribution in [2.75, 3.05) is 49.1 Å². The van der Waals surface area contributed by atoms with Crippen molar-refractivity contribution >= 4 is 21.4 Å². The van der Waals surface area contributed by atoms with Gasteiger partial charge in [-0.3, -0.25) is 4.79 Å². The lowest BCUT2D eigenvalue weighted by Crippen LogP contribution is -3.16. The van der Waals surface area contributed by atoms with E-state index in [1.165, 1.54) is 4.90 Å². The fraction of sp³-hybridized carbons (Fsp3) is 0.562. The first-order valence-corrected chi connectivity index (χ1v) is 10.1. The number of piperazine rings is 1. The van der Waals surface area contributed by atoms with Gasteiger partial charge in [0.1, 0.15) is 5.75 Å². The van der Waals surface area contributed by atoms with Gasteiger partial charge in [-0.15, -0.1) is 0 Å². The molecule has 0 bridgehead atoms. The molecule has 2 heterocycles. The number of nitrogens with zero attached hydrogens (tertiary/aromatic N) is 1. The number of carbonyl (C=O) groups is 1. The maximum absolute atomic E-state index is 12.1. The van der Waals surface area contributed by atoms with E-state index in [2.05, 4.69) is 10.2 Å². The Kier molecular flexibility index (Phi) is 4.96. The SMILES string of the molecule is O=C(C[NH+]1CCN(c2ccc(O)cc2)CC1)N[C@H]1CCS(=O)(=O)C1. The molecule has 132 valence electrons. The van der Waals surface area contributed by atoms with E-state index in [-0.39, 0.29) is 29.2 Å². The van der Waals surface area contributed by atoms with E-state index in [1.807, 2.05) is 12.1 Å². The summed E-state index contributed by atoms with van der Waals surface area (Å²) in [5.74, 6) is 0.442. The number of phenolic OH excluding ortho intramolecular Hbond substituents is 1. The Morgan fingerprint density at radius 2 is 1.92 bits per heavy atom. The first-order valence-electron chi connectivity index (χ1n) is 8.29. The summed E-state index contributed by atoms with van der Waals surface area (Å²) in [6.45, 7) is 3.81. The summed E-state index contributed by atoms with van der Waals surface area (Å²) in [7, 11) is -2.96. The van der Waals surface area contributed by atoms with Crippen molar-refractivity contribution < 1.29 is 23.2 Å². The van der Waals surface area contributed by atoms with Crippen molar-refractivity contribution in [3.63, 3.8) is 0 Å². The lowest BCUT2D eigenvalue weighted by molar-refractivity contribution is -0.892. The molecule has 1 atom stereocenters. The lowest BCUT2D eigenvalue weighted by atomic mass is 10.2. The summed E-state index contributed by atoms with van der Waals surface area (Å²) in [4.78, 5) is 15.6. The summed E-state index contributed by atoms with van der Waals surface area (Å²) in [6.07, 6.45) is 0.526. The fourth-order valence-electron chi connectivity index (χ4n) is 3.34. The molecule has 0 spiro atoms. The number of amides is 1. The van der Waals surface area contributed by atoms with E-state index in [9.17, 15) is 18.3 Å². The predicted octanol–water partition coefficient (Wildman–Crippen LogP) is -1.60. The molecule has 24 heavy (non-hydrogen) atoms. The first kappa shape index (κ1) is 17.0. The van der Waals surface area contributed by atoms with E-state index in [1.54, 1.807) is 12.1 Å². The molecular formula is C16H24N3O4S+. The van der Waals surface area contributed by atoms with Gasteiger partial charge < -0.3 is 20.2 Å². The highest BCUT2D eigenvalue weighted by Gasteiger charge is 2.30. The minimum absolute atomic E-state index is 0.0646.